The van der Waals surface area contributed by atoms with Crippen molar-refractivity contribution in [2.24, 2.45) is 0 Å². The van der Waals surface area contributed by atoms with Gasteiger partial charge in [-0.25, -0.2) is 0 Å². The summed E-state index contributed by atoms with van der Waals surface area (Å²) >= 11 is 0. The molecule has 2 heteroatoms. The highest BCUT2D eigenvalue weighted by atomic mass is 16.1. The third-order valence-electron chi connectivity index (χ3n) is 4.77. The number of carbonyl (C=O) groups excluding carboxylic acids is 1. The third-order valence-corrected chi connectivity index (χ3v) is 4.77. The molecule has 1 aliphatic heterocycles. The Balaban J connectivity index is 1.45. The monoisotopic (exact) mass is 308 g/mol. The molecule has 0 unspecified atom stereocenters. The van der Waals surface area contributed by atoms with Crippen molar-refractivity contribution in [2.45, 2.75) is 38.5 Å². The fourth-order valence-electron chi connectivity index (χ4n) is 3.43. The van der Waals surface area contributed by atoms with E-state index in [1.165, 1.54) is 38.9 Å². The quantitative estimate of drug-likeness (QED) is 0.536. The molecule has 2 aromatic carbocycles. The summed E-state index contributed by atoms with van der Waals surface area (Å²) in [6.07, 6.45) is 8.89. The van der Waals surface area contributed by atoms with Crippen molar-refractivity contribution < 1.29 is 4.79 Å². The van der Waals surface area contributed by atoms with Crippen LogP contribution in [0.15, 0.2) is 42.5 Å². The lowest BCUT2D eigenvalue weighted by Crippen LogP contribution is -2.30. The molecular formula is C21H26NO. The lowest BCUT2D eigenvalue weighted by atomic mass is 9.98. The second-order valence-corrected chi connectivity index (χ2v) is 6.47. The maximum Gasteiger partial charge on any atom is 0.163 e. The molecule has 1 radical (unpaired) electrons. The Bertz CT molecular complexity index is 638. The molecule has 1 heterocycles. The minimum atomic E-state index is 0.286. The van der Waals surface area contributed by atoms with E-state index in [9.17, 15) is 4.79 Å². The summed E-state index contributed by atoms with van der Waals surface area (Å²) in [5.74, 6) is 0.286. The fraction of sp³-hybridized carbons (Fsp3) is 0.429. The number of rotatable bonds is 7. The molecule has 0 aromatic heterocycles. The molecule has 121 valence electrons. The van der Waals surface area contributed by atoms with Crippen LogP contribution in [0.1, 0.15) is 48.9 Å². The Morgan fingerprint density at radius 1 is 0.913 bits per heavy atom. The number of fused-ring (bicyclic) bond motifs is 1. The van der Waals surface area contributed by atoms with E-state index in [4.69, 9.17) is 0 Å². The number of nitrogens with zero attached hydrogens (tertiary/aromatic N) is 1. The first kappa shape index (κ1) is 16.2. The van der Waals surface area contributed by atoms with E-state index in [2.05, 4.69) is 29.5 Å². The molecule has 0 N–H and O–H groups in total. The van der Waals surface area contributed by atoms with Gasteiger partial charge in [0.25, 0.3) is 0 Å². The molecule has 3 rings (SSSR count). The molecule has 1 saturated heterocycles. The smallest absolute Gasteiger partial charge is 0.163 e. The van der Waals surface area contributed by atoms with Gasteiger partial charge in [-0.3, -0.25) is 4.79 Å². The van der Waals surface area contributed by atoms with E-state index in [0.29, 0.717) is 6.42 Å². The number of likely N-dealkylation sites (tertiary alicyclic amines) is 1. The summed E-state index contributed by atoms with van der Waals surface area (Å²) < 4.78 is 0. The molecule has 23 heavy (non-hydrogen) atoms. The topological polar surface area (TPSA) is 20.3 Å². The standard InChI is InChI=1S/C21H26NO/c23-21(14-3-1-6-15-22-16-7-2-8-17-22)20-13-9-11-18-10-4-5-12-19(18)20/h2,4-5,9-13H,1,3,6-8,14-17H2. The van der Waals surface area contributed by atoms with Crippen LogP contribution in [0.25, 0.3) is 10.8 Å². The van der Waals surface area contributed by atoms with E-state index in [1.807, 2.05) is 24.3 Å². The van der Waals surface area contributed by atoms with Crippen LogP contribution in [0, 0.1) is 6.42 Å². The predicted molar refractivity (Wildman–Crippen MR) is 96.7 cm³/mol. The first-order chi connectivity index (χ1) is 11.3. The first-order valence-electron chi connectivity index (χ1n) is 8.89. The van der Waals surface area contributed by atoms with Crippen LogP contribution < -0.4 is 0 Å². The molecule has 2 nitrogen and oxygen atoms in total. The number of ketones is 1. The molecule has 0 spiro atoms. The van der Waals surface area contributed by atoms with Crippen molar-refractivity contribution >= 4 is 16.6 Å². The van der Waals surface area contributed by atoms with Gasteiger partial charge in [0.15, 0.2) is 5.78 Å². The minimum Gasteiger partial charge on any atom is -0.303 e. The lowest BCUT2D eigenvalue weighted by molar-refractivity contribution is 0.0980. The molecule has 0 atom stereocenters. The normalized spacial score (nSPS) is 15.8. The third kappa shape index (κ3) is 4.42. The zero-order valence-corrected chi connectivity index (χ0v) is 13.8. The fourth-order valence-corrected chi connectivity index (χ4v) is 3.43. The number of hydrogen-bond donors (Lipinski definition) is 0. The average molecular weight is 308 g/mol. The van der Waals surface area contributed by atoms with E-state index in [1.54, 1.807) is 0 Å². The van der Waals surface area contributed by atoms with Gasteiger partial charge in [-0.15, -0.1) is 0 Å². The molecule has 0 bridgehead atoms. The van der Waals surface area contributed by atoms with Crippen LogP contribution in [0.4, 0.5) is 0 Å². The zero-order valence-electron chi connectivity index (χ0n) is 13.8. The van der Waals surface area contributed by atoms with Crippen LogP contribution in [0.2, 0.25) is 0 Å². The van der Waals surface area contributed by atoms with Crippen molar-refractivity contribution in [2.75, 3.05) is 19.6 Å². The van der Waals surface area contributed by atoms with E-state index in [-0.39, 0.29) is 5.78 Å². The van der Waals surface area contributed by atoms with Crippen LogP contribution >= 0.6 is 0 Å². The molecular weight excluding hydrogens is 282 g/mol. The highest BCUT2D eigenvalue weighted by Gasteiger charge is 2.11. The summed E-state index contributed by atoms with van der Waals surface area (Å²) in [6, 6.07) is 14.2. The number of benzene rings is 2. The van der Waals surface area contributed by atoms with Gasteiger partial charge >= 0.3 is 0 Å². The summed E-state index contributed by atoms with van der Waals surface area (Å²) in [6.45, 7) is 3.63. The number of unbranched alkanes of at least 4 members (excludes halogenated alkanes) is 2. The zero-order chi connectivity index (χ0) is 15.9. The predicted octanol–water partition coefficient (Wildman–Crippen LogP) is 4.88. The SMILES string of the molecule is O=C(CCCCCN1CC[CH]CC1)c1cccc2ccccc12. The second-order valence-electron chi connectivity index (χ2n) is 6.47. The summed E-state index contributed by atoms with van der Waals surface area (Å²) in [5, 5.41) is 2.24. The van der Waals surface area contributed by atoms with Crippen molar-refractivity contribution in [3.63, 3.8) is 0 Å². The molecule has 0 amide bonds. The van der Waals surface area contributed by atoms with Crippen molar-refractivity contribution in [3.05, 3.63) is 54.4 Å². The Labute approximate surface area is 139 Å². The highest BCUT2D eigenvalue weighted by Crippen LogP contribution is 2.20. The van der Waals surface area contributed by atoms with Gasteiger partial charge in [0.2, 0.25) is 0 Å². The molecule has 2 aromatic rings. The van der Waals surface area contributed by atoms with E-state index in [0.717, 1.165) is 29.2 Å². The maximum absolute atomic E-state index is 12.5. The first-order valence-corrected chi connectivity index (χ1v) is 8.89. The summed E-state index contributed by atoms with van der Waals surface area (Å²) in [5.41, 5.74) is 0.884. The Hall–Kier alpha value is -1.67. The van der Waals surface area contributed by atoms with Crippen LogP contribution in [0.5, 0.6) is 0 Å². The second kappa shape index (κ2) is 8.26. The van der Waals surface area contributed by atoms with E-state index >= 15 is 0 Å². The van der Waals surface area contributed by atoms with Crippen molar-refractivity contribution in [1.82, 2.24) is 4.90 Å². The van der Waals surface area contributed by atoms with Crippen LogP contribution in [-0.4, -0.2) is 30.3 Å². The van der Waals surface area contributed by atoms with Gasteiger partial charge in [-0.05, 0) is 62.5 Å². The lowest BCUT2D eigenvalue weighted by Gasteiger charge is -2.26. The largest absolute Gasteiger partial charge is 0.303 e. The summed E-state index contributed by atoms with van der Waals surface area (Å²) in [4.78, 5) is 15.1. The van der Waals surface area contributed by atoms with Crippen molar-refractivity contribution in [1.29, 1.82) is 0 Å². The van der Waals surface area contributed by atoms with Crippen LogP contribution in [-0.2, 0) is 0 Å². The molecule has 0 saturated carbocycles. The number of Topliss-reactive ketones (excluding diaryl/α,β-unsaturated/α-hetero) is 1. The maximum atomic E-state index is 12.5. The van der Waals surface area contributed by atoms with Gasteiger partial charge < -0.3 is 4.90 Å². The van der Waals surface area contributed by atoms with Gasteiger partial charge in [0.05, 0.1) is 0 Å². The van der Waals surface area contributed by atoms with Gasteiger partial charge in [-0.1, -0.05) is 48.9 Å². The average Bonchev–Trinajstić information content (AvgIpc) is 2.61. The molecule has 1 fully saturated rings. The minimum absolute atomic E-state index is 0.286. The van der Waals surface area contributed by atoms with Gasteiger partial charge in [0, 0.05) is 12.0 Å². The van der Waals surface area contributed by atoms with E-state index < -0.39 is 0 Å². The number of carbonyl (C=O) groups is 1. The molecule has 0 aliphatic carbocycles. The van der Waals surface area contributed by atoms with Crippen molar-refractivity contribution in [3.8, 4) is 0 Å². The number of piperidine rings is 1. The Morgan fingerprint density at radius 2 is 1.70 bits per heavy atom. The molecule has 1 aliphatic rings. The summed E-state index contributed by atoms with van der Waals surface area (Å²) in [7, 11) is 0. The number of hydrogen-bond acceptors (Lipinski definition) is 2. The Morgan fingerprint density at radius 3 is 2.57 bits per heavy atom. The van der Waals surface area contributed by atoms with Gasteiger partial charge in [0.1, 0.15) is 0 Å². The Kier molecular flexibility index (Phi) is 5.82. The van der Waals surface area contributed by atoms with Crippen LogP contribution in [0.3, 0.4) is 0 Å². The van der Waals surface area contributed by atoms with Gasteiger partial charge in [-0.2, -0.15) is 0 Å². The highest BCUT2D eigenvalue weighted by molar-refractivity contribution is 6.08.